The van der Waals surface area contributed by atoms with E-state index in [1.165, 1.54) is 5.56 Å². The maximum Gasteiger partial charge on any atom is 0.254 e. The first kappa shape index (κ1) is 23.6. The van der Waals surface area contributed by atoms with Crippen molar-refractivity contribution in [1.82, 2.24) is 20.3 Å². The van der Waals surface area contributed by atoms with Crippen molar-refractivity contribution in [1.29, 1.82) is 0 Å². The van der Waals surface area contributed by atoms with Crippen LogP contribution in [0.4, 0.5) is 0 Å². The normalized spacial score (nSPS) is 12.0. The third-order valence-corrected chi connectivity index (χ3v) is 6.78. The predicted octanol–water partition coefficient (Wildman–Crippen LogP) is 5.16. The molecule has 0 spiro atoms. The molecule has 3 aromatic heterocycles. The van der Waals surface area contributed by atoms with Crippen molar-refractivity contribution in [2.75, 3.05) is 0 Å². The fourth-order valence-electron chi connectivity index (χ4n) is 3.87. The molecule has 7 heteroatoms. The fraction of sp³-hybridized carbons (Fsp3) is 0.259. The number of amides is 1. The Morgan fingerprint density at radius 2 is 1.76 bits per heavy atom. The lowest BCUT2D eigenvalue weighted by Crippen LogP contribution is -2.30. The average molecular weight is 473 g/mol. The lowest BCUT2D eigenvalue weighted by molar-refractivity contribution is -0.121. The predicted molar refractivity (Wildman–Crippen MR) is 136 cm³/mol. The molecule has 1 amide bonds. The lowest BCUT2D eigenvalue weighted by atomic mass is 9.98. The Kier molecular flexibility index (Phi) is 7.33. The largest absolute Gasteiger partial charge is 0.344 e. The molecule has 1 unspecified atom stereocenters. The van der Waals surface area contributed by atoms with Gasteiger partial charge < -0.3 is 10.3 Å². The first-order chi connectivity index (χ1) is 16.4. The highest BCUT2D eigenvalue weighted by molar-refractivity contribution is 7.10. The standard InChI is InChI=1S/C27H28N4O2S/c1-17(2)19-6-8-20(9-7-19)25(23-5-4-16-34-23)30-24(32)11-10-22-18(3)29-26(31-27(22)33)21-12-14-28-15-13-21/h4-9,12-17,25H,10-11H2,1-3H3,(H,30,32)(H,29,31,33). The van der Waals surface area contributed by atoms with E-state index in [-0.39, 0.29) is 23.9 Å². The van der Waals surface area contributed by atoms with E-state index >= 15 is 0 Å². The summed E-state index contributed by atoms with van der Waals surface area (Å²) in [6.45, 7) is 6.13. The van der Waals surface area contributed by atoms with Gasteiger partial charge >= 0.3 is 0 Å². The van der Waals surface area contributed by atoms with Crippen LogP contribution in [-0.4, -0.2) is 20.9 Å². The highest BCUT2D eigenvalue weighted by Gasteiger charge is 2.19. The highest BCUT2D eigenvalue weighted by Crippen LogP contribution is 2.27. The molecule has 0 radical (unpaired) electrons. The summed E-state index contributed by atoms with van der Waals surface area (Å²) >= 11 is 1.61. The van der Waals surface area contributed by atoms with Gasteiger partial charge in [0.2, 0.25) is 5.91 Å². The topological polar surface area (TPSA) is 87.7 Å². The number of hydrogen-bond acceptors (Lipinski definition) is 5. The fourth-order valence-corrected chi connectivity index (χ4v) is 4.67. The molecule has 0 aliphatic rings. The zero-order valence-electron chi connectivity index (χ0n) is 19.5. The van der Waals surface area contributed by atoms with E-state index in [2.05, 4.69) is 58.4 Å². The average Bonchev–Trinajstić information content (AvgIpc) is 3.37. The monoisotopic (exact) mass is 472 g/mol. The van der Waals surface area contributed by atoms with Crippen molar-refractivity contribution in [2.24, 2.45) is 0 Å². The first-order valence-electron chi connectivity index (χ1n) is 11.3. The van der Waals surface area contributed by atoms with E-state index in [0.717, 1.165) is 16.0 Å². The van der Waals surface area contributed by atoms with Gasteiger partial charge in [0.05, 0.1) is 6.04 Å². The van der Waals surface area contributed by atoms with Crippen molar-refractivity contribution < 1.29 is 4.79 Å². The minimum atomic E-state index is -0.222. The van der Waals surface area contributed by atoms with E-state index in [1.54, 1.807) is 42.8 Å². The van der Waals surface area contributed by atoms with Crippen LogP contribution in [0.15, 0.2) is 71.1 Å². The van der Waals surface area contributed by atoms with Crippen LogP contribution >= 0.6 is 11.3 Å². The molecule has 0 bridgehead atoms. The number of carbonyl (C=O) groups excluding carboxylic acids is 1. The summed E-state index contributed by atoms with van der Waals surface area (Å²) in [6, 6.07) is 15.8. The maximum absolute atomic E-state index is 12.9. The second kappa shape index (κ2) is 10.6. The molecule has 0 fully saturated rings. The first-order valence-corrected chi connectivity index (χ1v) is 12.2. The molecule has 6 nitrogen and oxygen atoms in total. The van der Waals surface area contributed by atoms with Crippen LogP contribution in [-0.2, 0) is 11.2 Å². The summed E-state index contributed by atoms with van der Waals surface area (Å²) in [5.41, 5.74) is 4.03. The summed E-state index contributed by atoms with van der Waals surface area (Å²) in [5.74, 6) is 0.841. The second-order valence-electron chi connectivity index (χ2n) is 8.55. The van der Waals surface area contributed by atoms with Crippen LogP contribution in [0.3, 0.4) is 0 Å². The number of H-pyrrole nitrogens is 1. The zero-order chi connectivity index (χ0) is 24.1. The second-order valence-corrected chi connectivity index (χ2v) is 9.53. The van der Waals surface area contributed by atoms with Gasteiger partial charge in [0.1, 0.15) is 5.82 Å². The van der Waals surface area contributed by atoms with E-state index in [4.69, 9.17) is 0 Å². The quantitative estimate of drug-likeness (QED) is 0.371. The third-order valence-electron chi connectivity index (χ3n) is 5.85. The zero-order valence-corrected chi connectivity index (χ0v) is 20.4. The Labute approximate surface area is 203 Å². The van der Waals surface area contributed by atoms with E-state index in [9.17, 15) is 9.59 Å². The number of aryl methyl sites for hydroxylation is 1. The molecule has 4 aromatic rings. The smallest absolute Gasteiger partial charge is 0.254 e. The number of hydrogen-bond donors (Lipinski definition) is 2. The molecule has 0 aliphatic heterocycles. The number of aromatic nitrogens is 3. The molecule has 1 atom stereocenters. The number of nitrogens with zero attached hydrogens (tertiary/aromatic N) is 2. The van der Waals surface area contributed by atoms with Gasteiger partial charge in [-0.25, -0.2) is 4.98 Å². The number of rotatable bonds is 8. The summed E-state index contributed by atoms with van der Waals surface area (Å²) in [5, 5.41) is 5.17. The van der Waals surface area contributed by atoms with Crippen molar-refractivity contribution in [3.8, 4) is 11.4 Å². The van der Waals surface area contributed by atoms with Crippen LogP contribution in [0.25, 0.3) is 11.4 Å². The van der Waals surface area contributed by atoms with Crippen LogP contribution in [0.1, 0.15) is 59.5 Å². The molecule has 34 heavy (non-hydrogen) atoms. The van der Waals surface area contributed by atoms with Crippen LogP contribution in [0.5, 0.6) is 0 Å². The molecule has 1 aromatic carbocycles. The van der Waals surface area contributed by atoms with Crippen LogP contribution < -0.4 is 10.9 Å². The summed E-state index contributed by atoms with van der Waals surface area (Å²) in [6.07, 6.45) is 3.83. The van der Waals surface area contributed by atoms with Gasteiger partial charge in [-0.15, -0.1) is 11.3 Å². The minimum Gasteiger partial charge on any atom is -0.344 e. The van der Waals surface area contributed by atoms with Crippen LogP contribution in [0, 0.1) is 6.92 Å². The van der Waals surface area contributed by atoms with Crippen LogP contribution in [0.2, 0.25) is 0 Å². The number of carbonyl (C=O) groups is 1. The molecule has 4 rings (SSSR count). The van der Waals surface area contributed by atoms with Crippen molar-refractivity contribution >= 4 is 17.2 Å². The third kappa shape index (κ3) is 5.48. The number of thiophene rings is 1. The van der Waals surface area contributed by atoms with Gasteiger partial charge in [-0.05, 0) is 54.0 Å². The molecular weight excluding hydrogens is 444 g/mol. The van der Waals surface area contributed by atoms with Gasteiger partial charge in [-0.3, -0.25) is 14.6 Å². The lowest BCUT2D eigenvalue weighted by Gasteiger charge is -2.19. The molecular formula is C27H28N4O2S. The number of pyridine rings is 1. The Morgan fingerprint density at radius 1 is 1.06 bits per heavy atom. The van der Waals surface area contributed by atoms with Crippen molar-refractivity contribution in [3.63, 3.8) is 0 Å². The van der Waals surface area contributed by atoms with Gasteiger partial charge in [0.25, 0.3) is 5.56 Å². The molecule has 0 saturated heterocycles. The summed E-state index contributed by atoms with van der Waals surface area (Å²) < 4.78 is 0. The van der Waals surface area contributed by atoms with Gasteiger partial charge in [-0.1, -0.05) is 44.2 Å². The molecule has 0 saturated carbocycles. The van der Waals surface area contributed by atoms with E-state index < -0.39 is 0 Å². The Bertz CT molecular complexity index is 1300. The SMILES string of the molecule is Cc1nc(-c2ccncc2)[nH]c(=O)c1CCC(=O)NC(c1ccc(C(C)C)cc1)c1cccs1. The van der Waals surface area contributed by atoms with Crippen molar-refractivity contribution in [2.45, 2.75) is 45.6 Å². The Balaban J connectivity index is 1.48. The number of benzene rings is 1. The number of aromatic amines is 1. The molecule has 2 N–H and O–H groups in total. The van der Waals surface area contributed by atoms with E-state index in [0.29, 0.717) is 29.4 Å². The Hall–Kier alpha value is -3.58. The summed E-state index contributed by atoms with van der Waals surface area (Å²) in [7, 11) is 0. The Morgan fingerprint density at radius 3 is 2.38 bits per heavy atom. The maximum atomic E-state index is 12.9. The molecule has 174 valence electrons. The molecule has 3 heterocycles. The number of nitrogens with one attached hydrogen (secondary N) is 2. The van der Waals surface area contributed by atoms with Gasteiger partial charge in [-0.2, -0.15) is 0 Å². The van der Waals surface area contributed by atoms with Crippen molar-refractivity contribution in [3.05, 3.63) is 104 Å². The van der Waals surface area contributed by atoms with Gasteiger partial charge in [0.15, 0.2) is 0 Å². The molecule has 0 aliphatic carbocycles. The van der Waals surface area contributed by atoms with Gasteiger partial charge in [0, 0.05) is 40.5 Å². The minimum absolute atomic E-state index is 0.108. The highest BCUT2D eigenvalue weighted by atomic mass is 32.1. The summed E-state index contributed by atoms with van der Waals surface area (Å²) in [4.78, 5) is 38.1. The van der Waals surface area contributed by atoms with E-state index in [1.807, 2.05) is 17.5 Å².